The molecule has 0 radical (unpaired) electrons. The third kappa shape index (κ3) is 3.95. The molecule has 0 bridgehead atoms. The molecule has 1 N–H and O–H groups in total. The number of aromatic carboxylic acids is 1. The summed E-state index contributed by atoms with van der Waals surface area (Å²) >= 11 is 1.99. The van der Waals surface area contributed by atoms with Crippen LogP contribution in [0, 0.1) is 3.57 Å². The van der Waals surface area contributed by atoms with Crippen molar-refractivity contribution in [3.8, 4) is 0 Å². The zero-order valence-electron chi connectivity index (χ0n) is 10.6. The molecule has 1 amide bonds. The topological polar surface area (TPSA) is 66.8 Å². The number of carbonyl (C=O) groups is 2. The van der Waals surface area contributed by atoms with Crippen molar-refractivity contribution in [2.45, 2.75) is 6.92 Å². The number of rotatable bonds is 4. The smallest absolute Gasteiger partial charge is 0.414 e. The molecule has 5 nitrogen and oxygen atoms in total. The van der Waals surface area contributed by atoms with E-state index in [2.05, 4.69) is 6.58 Å². The lowest BCUT2D eigenvalue weighted by Crippen LogP contribution is -2.32. The molecule has 0 aliphatic carbocycles. The van der Waals surface area contributed by atoms with E-state index in [1.165, 1.54) is 24.1 Å². The molecule has 0 atom stereocenters. The number of amides is 1. The van der Waals surface area contributed by atoms with Gasteiger partial charge in [0, 0.05) is 10.1 Å². The number of nitrogens with zero attached hydrogens (tertiary/aromatic N) is 1. The van der Waals surface area contributed by atoms with E-state index in [-0.39, 0.29) is 5.56 Å². The van der Waals surface area contributed by atoms with Gasteiger partial charge in [0.15, 0.2) is 0 Å². The number of benzene rings is 1. The Hall–Kier alpha value is -1.57. The lowest BCUT2D eigenvalue weighted by atomic mass is 10.2. The molecular weight excluding hydrogens is 361 g/mol. The van der Waals surface area contributed by atoms with Crippen LogP contribution in [0.4, 0.5) is 10.5 Å². The van der Waals surface area contributed by atoms with Crippen LogP contribution in [-0.2, 0) is 4.74 Å². The Bertz CT molecular complexity index is 527. The summed E-state index contributed by atoms with van der Waals surface area (Å²) < 4.78 is 5.38. The Morgan fingerprint density at radius 3 is 2.53 bits per heavy atom. The summed E-state index contributed by atoms with van der Waals surface area (Å²) in [5, 5.41) is 8.92. The first-order valence-corrected chi connectivity index (χ1v) is 6.47. The van der Waals surface area contributed by atoms with Crippen LogP contribution in [0.25, 0.3) is 0 Å². The first kappa shape index (κ1) is 15.5. The summed E-state index contributed by atoms with van der Waals surface area (Å²) in [5.74, 6) is -1.01. The van der Waals surface area contributed by atoms with Crippen molar-refractivity contribution >= 4 is 40.3 Å². The van der Waals surface area contributed by atoms with Gasteiger partial charge in [0.05, 0.1) is 18.4 Å². The number of carboxylic acid groups (broad SMARTS) is 1. The normalized spacial score (nSPS) is 9.84. The predicted octanol–water partition coefficient (Wildman–Crippen LogP) is 3.14. The van der Waals surface area contributed by atoms with Crippen molar-refractivity contribution in [2.24, 2.45) is 0 Å². The quantitative estimate of drug-likeness (QED) is 0.649. The van der Waals surface area contributed by atoms with Gasteiger partial charge < -0.3 is 9.84 Å². The highest BCUT2D eigenvalue weighted by molar-refractivity contribution is 14.1. The molecule has 0 saturated carbocycles. The van der Waals surface area contributed by atoms with Crippen LogP contribution in [0.3, 0.4) is 0 Å². The predicted molar refractivity (Wildman–Crippen MR) is 80.7 cm³/mol. The Kier molecular flexibility index (Phi) is 5.34. The van der Waals surface area contributed by atoms with Gasteiger partial charge in [-0.05, 0) is 47.7 Å². The molecule has 0 fully saturated rings. The van der Waals surface area contributed by atoms with Crippen molar-refractivity contribution < 1.29 is 19.4 Å². The minimum Gasteiger partial charge on any atom is -0.478 e. The van der Waals surface area contributed by atoms with E-state index >= 15 is 0 Å². The summed E-state index contributed by atoms with van der Waals surface area (Å²) in [6.45, 7) is 5.88. The number of carbonyl (C=O) groups excluding carboxylic acids is 1. The zero-order valence-corrected chi connectivity index (χ0v) is 12.8. The van der Waals surface area contributed by atoms with Gasteiger partial charge in [-0.2, -0.15) is 0 Å². The van der Waals surface area contributed by atoms with Gasteiger partial charge in [-0.3, -0.25) is 4.90 Å². The maximum absolute atomic E-state index is 11.8. The fourth-order valence-corrected chi connectivity index (χ4v) is 2.29. The highest BCUT2D eigenvalue weighted by Crippen LogP contribution is 2.25. The number of halogens is 1. The molecular formula is C13H14INO4. The second kappa shape index (κ2) is 6.55. The Balaban J connectivity index is 3.19. The fourth-order valence-electron chi connectivity index (χ4n) is 1.49. The number of hydrogen-bond donors (Lipinski definition) is 1. The van der Waals surface area contributed by atoms with Gasteiger partial charge >= 0.3 is 12.1 Å². The van der Waals surface area contributed by atoms with E-state index in [0.29, 0.717) is 15.8 Å². The standard InChI is InChI=1S/C13H14INO4/c1-8(2)7-15(13(18)19-3)11-5-4-9(12(16)17)6-10(11)14/h4-6H,1,7H2,2-3H3,(H,16,17). The van der Waals surface area contributed by atoms with E-state index in [4.69, 9.17) is 9.84 Å². The van der Waals surface area contributed by atoms with Crippen LogP contribution in [0.15, 0.2) is 30.4 Å². The third-order valence-corrected chi connectivity index (χ3v) is 3.17. The van der Waals surface area contributed by atoms with Crippen LogP contribution < -0.4 is 4.90 Å². The van der Waals surface area contributed by atoms with Crippen molar-refractivity contribution in [1.29, 1.82) is 0 Å². The van der Waals surface area contributed by atoms with Crippen molar-refractivity contribution in [1.82, 2.24) is 0 Å². The van der Waals surface area contributed by atoms with Gasteiger partial charge in [0.2, 0.25) is 0 Å². The number of methoxy groups -OCH3 is 1. The Morgan fingerprint density at radius 2 is 2.11 bits per heavy atom. The largest absolute Gasteiger partial charge is 0.478 e. The lowest BCUT2D eigenvalue weighted by molar-refractivity contribution is 0.0697. The second-order valence-electron chi connectivity index (χ2n) is 3.98. The maximum atomic E-state index is 11.8. The molecule has 0 aliphatic heterocycles. The SMILES string of the molecule is C=C(C)CN(C(=O)OC)c1ccc(C(=O)O)cc1I. The molecule has 0 aliphatic rings. The average Bonchev–Trinajstić information content (AvgIpc) is 2.35. The average molecular weight is 375 g/mol. The molecule has 0 unspecified atom stereocenters. The first-order chi connectivity index (χ1) is 8.86. The minimum absolute atomic E-state index is 0.174. The molecule has 1 rings (SSSR count). The number of ether oxygens (including phenoxy) is 1. The second-order valence-corrected chi connectivity index (χ2v) is 5.15. The summed E-state index contributed by atoms with van der Waals surface area (Å²) in [4.78, 5) is 24.1. The van der Waals surface area contributed by atoms with Crippen LogP contribution in [0.5, 0.6) is 0 Å². The fraction of sp³-hybridized carbons (Fsp3) is 0.231. The first-order valence-electron chi connectivity index (χ1n) is 5.39. The van der Waals surface area contributed by atoms with E-state index in [1.54, 1.807) is 13.0 Å². The maximum Gasteiger partial charge on any atom is 0.414 e. The Labute approximate surface area is 125 Å². The van der Waals surface area contributed by atoms with E-state index in [1.807, 2.05) is 22.6 Å². The van der Waals surface area contributed by atoms with Gasteiger partial charge in [0.25, 0.3) is 0 Å². The number of carboxylic acids is 1. The van der Waals surface area contributed by atoms with Gasteiger partial charge in [-0.15, -0.1) is 0 Å². The monoisotopic (exact) mass is 375 g/mol. The molecule has 1 aromatic rings. The summed E-state index contributed by atoms with van der Waals surface area (Å²) in [6.07, 6.45) is -0.510. The molecule has 102 valence electrons. The minimum atomic E-state index is -1.01. The van der Waals surface area contributed by atoms with Crippen LogP contribution in [0.2, 0.25) is 0 Å². The molecule has 19 heavy (non-hydrogen) atoms. The number of anilines is 1. The Morgan fingerprint density at radius 1 is 1.47 bits per heavy atom. The van der Waals surface area contributed by atoms with Crippen LogP contribution in [0.1, 0.15) is 17.3 Å². The number of hydrogen-bond acceptors (Lipinski definition) is 3. The van der Waals surface area contributed by atoms with E-state index in [9.17, 15) is 9.59 Å². The lowest BCUT2D eigenvalue weighted by Gasteiger charge is -2.22. The summed E-state index contributed by atoms with van der Waals surface area (Å²) in [6, 6.07) is 4.55. The zero-order chi connectivity index (χ0) is 14.6. The van der Waals surface area contributed by atoms with Crippen molar-refractivity contribution in [3.05, 3.63) is 39.5 Å². The summed E-state index contributed by atoms with van der Waals surface area (Å²) in [7, 11) is 1.30. The molecule has 6 heteroatoms. The van der Waals surface area contributed by atoms with Crippen LogP contribution >= 0.6 is 22.6 Å². The third-order valence-electron chi connectivity index (χ3n) is 2.31. The van der Waals surface area contributed by atoms with Gasteiger partial charge in [-0.25, -0.2) is 9.59 Å². The van der Waals surface area contributed by atoms with Crippen molar-refractivity contribution in [2.75, 3.05) is 18.6 Å². The summed E-state index contributed by atoms with van der Waals surface area (Å²) in [5.41, 5.74) is 1.57. The van der Waals surface area contributed by atoms with E-state index in [0.717, 1.165) is 5.57 Å². The van der Waals surface area contributed by atoms with Gasteiger partial charge in [0.1, 0.15) is 0 Å². The van der Waals surface area contributed by atoms with E-state index < -0.39 is 12.1 Å². The van der Waals surface area contributed by atoms with Gasteiger partial charge in [-0.1, -0.05) is 12.2 Å². The van der Waals surface area contributed by atoms with Crippen molar-refractivity contribution in [3.63, 3.8) is 0 Å². The molecule has 0 spiro atoms. The molecule has 0 aromatic heterocycles. The highest BCUT2D eigenvalue weighted by Gasteiger charge is 2.19. The van der Waals surface area contributed by atoms with Crippen LogP contribution in [-0.4, -0.2) is 30.8 Å². The molecule has 0 saturated heterocycles. The molecule has 0 heterocycles. The highest BCUT2D eigenvalue weighted by atomic mass is 127. The molecule has 1 aromatic carbocycles.